The lowest BCUT2D eigenvalue weighted by Gasteiger charge is -2.28. The molecule has 0 fully saturated rings. The molecule has 1 heterocycles. The van der Waals surface area contributed by atoms with E-state index >= 15 is 0 Å². The average Bonchev–Trinajstić information content (AvgIpc) is 3.02. The van der Waals surface area contributed by atoms with Crippen LogP contribution in [0, 0.1) is 5.92 Å². The van der Waals surface area contributed by atoms with E-state index in [0.717, 1.165) is 25.1 Å². The maximum atomic E-state index is 13.4. The molecule has 0 aliphatic carbocycles. The third-order valence-electron chi connectivity index (χ3n) is 6.01. The number of alkyl halides is 9. The Morgan fingerprint density at radius 3 is 2.19 bits per heavy atom. The number of carbonyl (C=O) groups excluding carboxylic acids is 3. The number of anilines is 3. The van der Waals surface area contributed by atoms with Crippen LogP contribution >= 0.6 is 11.6 Å². The van der Waals surface area contributed by atoms with Gasteiger partial charge in [0.1, 0.15) is 6.04 Å². The number of nitrogens with two attached hydrogens (primary N) is 1. The number of nitrogens with zero attached hydrogens (tertiary/aromatic N) is 1. The molecule has 0 aromatic heterocycles. The van der Waals surface area contributed by atoms with E-state index in [4.69, 9.17) is 17.3 Å². The van der Waals surface area contributed by atoms with Crippen LogP contribution in [0.15, 0.2) is 42.5 Å². The van der Waals surface area contributed by atoms with Gasteiger partial charge in [-0.05, 0) is 36.8 Å². The minimum absolute atomic E-state index is 0.0137. The van der Waals surface area contributed by atoms with Crippen LogP contribution in [0.1, 0.15) is 38.2 Å². The van der Waals surface area contributed by atoms with Crippen molar-refractivity contribution >= 4 is 46.4 Å². The molecule has 7 nitrogen and oxygen atoms in total. The number of benzene rings is 2. The number of amides is 3. The number of hydrogen-bond acceptors (Lipinski definition) is 4. The van der Waals surface area contributed by atoms with Crippen molar-refractivity contribution in [1.29, 1.82) is 0 Å². The average molecular weight is 649 g/mol. The summed E-state index contributed by atoms with van der Waals surface area (Å²) in [4.78, 5) is 38.5. The Morgan fingerprint density at radius 1 is 1.05 bits per heavy atom. The van der Waals surface area contributed by atoms with Crippen molar-refractivity contribution in [1.82, 2.24) is 5.32 Å². The van der Waals surface area contributed by atoms with E-state index in [2.05, 4.69) is 10.6 Å². The molecule has 4 N–H and O–H groups in total. The molecule has 1 aliphatic heterocycles. The highest BCUT2D eigenvalue weighted by Gasteiger charge is 2.36. The summed E-state index contributed by atoms with van der Waals surface area (Å²) < 4.78 is 111. The highest BCUT2D eigenvalue weighted by atomic mass is 35.5. The maximum Gasteiger partial charge on any atom is 0.416 e. The summed E-state index contributed by atoms with van der Waals surface area (Å²) in [5.74, 6) is -4.35. The van der Waals surface area contributed by atoms with Crippen molar-refractivity contribution in [2.24, 2.45) is 11.7 Å². The number of halogens is 10. The van der Waals surface area contributed by atoms with Gasteiger partial charge in [0.25, 0.3) is 0 Å². The third kappa shape index (κ3) is 11.1. The molecule has 2 unspecified atom stereocenters. The van der Waals surface area contributed by atoms with Gasteiger partial charge in [-0.1, -0.05) is 30.7 Å². The number of primary amides is 1. The fraction of sp³-hybridized carbons (Fsp3) is 0.423. The summed E-state index contributed by atoms with van der Waals surface area (Å²) in [7, 11) is 0. The minimum atomic E-state index is -4.67. The van der Waals surface area contributed by atoms with Crippen molar-refractivity contribution in [2.45, 2.75) is 57.2 Å². The second-order valence-corrected chi connectivity index (χ2v) is 9.74. The first-order valence-corrected chi connectivity index (χ1v) is 12.9. The maximum absolute atomic E-state index is 13.4. The Morgan fingerprint density at radius 2 is 1.65 bits per heavy atom. The van der Waals surface area contributed by atoms with Crippen LogP contribution in [0.2, 0.25) is 5.02 Å². The Kier molecular flexibility index (Phi) is 11.7. The SMILES string of the molecule is CCC(F)(F)F.NC(=O)CC(CCC(F)(F)F)C(=O)NC1CN(c2cccc(C(F)(F)F)c2)c2cccc(Cl)c2NC1=O. The highest BCUT2D eigenvalue weighted by molar-refractivity contribution is 6.34. The molecule has 2 atom stereocenters. The molecule has 1 aliphatic rings. The first-order valence-electron chi connectivity index (χ1n) is 12.5. The number of fused-ring (bicyclic) bond motifs is 1. The minimum Gasteiger partial charge on any atom is -0.370 e. The fourth-order valence-corrected chi connectivity index (χ4v) is 4.05. The van der Waals surface area contributed by atoms with Crippen molar-refractivity contribution < 1.29 is 53.9 Å². The molecule has 0 spiro atoms. The smallest absolute Gasteiger partial charge is 0.370 e. The van der Waals surface area contributed by atoms with Gasteiger partial charge in [0.05, 0.1) is 28.5 Å². The van der Waals surface area contributed by atoms with Crippen LogP contribution in [0.3, 0.4) is 0 Å². The molecule has 17 heteroatoms. The molecule has 0 bridgehead atoms. The van der Waals surface area contributed by atoms with Gasteiger partial charge in [0.2, 0.25) is 17.7 Å². The fourth-order valence-electron chi connectivity index (χ4n) is 3.84. The van der Waals surface area contributed by atoms with Crippen LogP contribution < -0.4 is 21.3 Å². The monoisotopic (exact) mass is 648 g/mol. The van der Waals surface area contributed by atoms with Crippen LogP contribution in [-0.4, -0.2) is 42.7 Å². The lowest BCUT2D eigenvalue weighted by molar-refractivity contribution is -0.143. The number of para-hydroxylation sites is 1. The van der Waals surface area contributed by atoms with Crippen LogP contribution in [-0.2, 0) is 20.6 Å². The molecule has 0 saturated heterocycles. The summed E-state index contributed by atoms with van der Waals surface area (Å²) in [5.41, 5.74) is 4.42. The van der Waals surface area contributed by atoms with Crippen LogP contribution in [0.25, 0.3) is 0 Å². The van der Waals surface area contributed by atoms with Crippen molar-refractivity contribution in [3.8, 4) is 0 Å². The molecule has 43 heavy (non-hydrogen) atoms. The van der Waals surface area contributed by atoms with Gasteiger partial charge in [-0.2, -0.15) is 39.5 Å². The molecule has 0 saturated carbocycles. The van der Waals surface area contributed by atoms with E-state index in [1.807, 2.05) is 0 Å². The quantitative estimate of drug-likeness (QED) is 0.290. The second-order valence-electron chi connectivity index (χ2n) is 9.33. The van der Waals surface area contributed by atoms with Gasteiger partial charge in [-0.15, -0.1) is 0 Å². The van der Waals surface area contributed by atoms with Crippen LogP contribution in [0.4, 0.5) is 56.6 Å². The zero-order chi connectivity index (χ0) is 32.8. The summed E-state index contributed by atoms with van der Waals surface area (Å²) in [6, 6.07) is 7.22. The molecular weight excluding hydrogens is 623 g/mol. The summed E-state index contributed by atoms with van der Waals surface area (Å²) >= 11 is 6.22. The van der Waals surface area contributed by atoms with Gasteiger partial charge in [0.15, 0.2) is 0 Å². The Labute approximate surface area is 244 Å². The Bertz CT molecular complexity index is 1300. The Hall–Kier alpha value is -3.69. The molecule has 3 amide bonds. The van der Waals surface area contributed by atoms with Crippen molar-refractivity contribution in [3.63, 3.8) is 0 Å². The lowest BCUT2D eigenvalue weighted by Crippen LogP contribution is -2.50. The lowest BCUT2D eigenvalue weighted by atomic mass is 9.97. The summed E-state index contributed by atoms with van der Waals surface area (Å²) in [6.07, 6.45) is -16.8. The number of nitrogens with one attached hydrogen (secondary N) is 2. The first-order chi connectivity index (χ1) is 19.7. The van der Waals surface area contributed by atoms with E-state index in [0.29, 0.717) is 0 Å². The molecular formula is C26H26ClF9N4O3. The predicted octanol–water partition coefficient (Wildman–Crippen LogP) is 6.73. The number of rotatable bonds is 7. The van der Waals surface area contributed by atoms with Crippen molar-refractivity contribution in [2.75, 3.05) is 16.8 Å². The zero-order valence-electron chi connectivity index (χ0n) is 22.3. The largest absolute Gasteiger partial charge is 0.416 e. The molecule has 238 valence electrons. The van der Waals surface area contributed by atoms with Gasteiger partial charge in [0, 0.05) is 30.9 Å². The van der Waals surface area contributed by atoms with Gasteiger partial charge < -0.3 is 21.3 Å². The summed E-state index contributed by atoms with van der Waals surface area (Å²) in [5, 5.41) is 4.88. The third-order valence-corrected chi connectivity index (χ3v) is 6.32. The van der Waals surface area contributed by atoms with E-state index in [-0.39, 0.29) is 22.1 Å². The van der Waals surface area contributed by atoms with E-state index < -0.39 is 86.0 Å². The molecule has 3 rings (SSSR count). The normalized spacial score (nSPS) is 16.2. The number of carbonyl (C=O) groups is 3. The standard InChI is InChI=1S/C23H21ClF6N4O3.C3H5F3/c24-15-5-2-6-17-19(15)33-21(37)16(11-34(17)14-4-1-3-13(10-14)23(28,29)30)32-20(36)12(9-18(31)35)7-8-22(25,26)27;1-2-3(4,5)6/h1-6,10,12,16H,7-9,11H2,(H2,31,35)(H,32,36)(H,33,37);2H2,1H3. The van der Waals surface area contributed by atoms with E-state index in [1.54, 1.807) is 0 Å². The van der Waals surface area contributed by atoms with Gasteiger partial charge in [-0.3, -0.25) is 14.4 Å². The number of hydrogen-bond donors (Lipinski definition) is 3. The Balaban J connectivity index is 0.000000973. The predicted molar refractivity (Wildman–Crippen MR) is 139 cm³/mol. The zero-order valence-corrected chi connectivity index (χ0v) is 23.0. The molecule has 2 aromatic rings. The molecule has 2 aromatic carbocycles. The van der Waals surface area contributed by atoms with Gasteiger partial charge in [-0.25, -0.2) is 0 Å². The van der Waals surface area contributed by atoms with E-state index in [1.165, 1.54) is 29.2 Å². The van der Waals surface area contributed by atoms with Gasteiger partial charge >= 0.3 is 18.5 Å². The summed E-state index contributed by atoms with van der Waals surface area (Å²) in [6.45, 7) is 0.689. The van der Waals surface area contributed by atoms with Crippen LogP contribution in [0.5, 0.6) is 0 Å². The van der Waals surface area contributed by atoms with Crippen molar-refractivity contribution in [3.05, 3.63) is 53.1 Å². The highest BCUT2D eigenvalue weighted by Crippen LogP contribution is 2.40. The second kappa shape index (κ2) is 14.2. The van der Waals surface area contributed by atoms with E-state index in [9.17, 15) is 53.9 Å². The first kappa shape index (κ1) is 35.5. The molecule has 0 radical (unpaired) electrons. The topological polar surface area (TPSA) is 105 Å².